The van der Waals surface area contributed by atoms with Gasteiger partial charge in [0.25, 0.3) is 0 Å². The molecule has 1 heteroatoms. The molecular formula is C6H12Sc. The van der Waals surface area contributed by atoms with Crippen LogP contribution in [-0.2, 0) is 25.8 Å². The molecule has 0 unspecified atom stereocenters. The van der Waals surface area contributed by atoms with E-state index < -0.39 is 0 Å². The van der Waals surface area contributed by atoms with Crippen LogP contribution in [0.25, 0.3) is 0 Å². The SMILES string of the molecule is C.C#CCCC.[Sc]. The van der Waals surface area contributed by atoms with Crippen LogP contribution >= 0.6 is 0 Å². The minimum Gasteiger partial charge on any atom is -0.120 e. The Morgan fingerprint density at radius 1 is 1.57 bits per heavy atom. The van der Waals surface area contributed by atoms with Crippen LogP contribution in [-0.4, -0.2) is 0 Å². The van der Waals surface area contributed by atoms with Gasteiger partial charge in [0, 0.05) is 32.3 Å². The van der Waals surface area contributed by atoms with Crippen molar-refractivity contribution in [2.45, 2.75) is 27.2 Å². The molecule has 0 aromatic carbocycles. The van der Waals surface area contributed by atoms with Crippen molar-refractivity contribution in [3.05, 3.63) is 0 Å². The molecule has 0 atom stereocenters. The Labute approximate surface area is 65.5 Å². The van der Waals surface area contributed by atoms with Crippen LogP contribution < -0.4 is 0 Å². The average Bonchev–Trinajstić information content (AvgIpc) is 1.41. The average molecular weight is 129 g/mol. The van der Waals surface area contributed by atoms with Gasteiger partial charge in [-0.1, -0.05) is 14.4 Å². The summed E-state index contributed by atoms with van der Waals surface area (Å²) >= 11 is 0. The first kappa shape index (κ1) is 15.7. The molecule has 0 nitrogen and oxygen atoms in total. The van der Waals surface area contributed by atoms with Crippen molar-refractivity contribution in [2.24, 2.45) is 0 Å². The van der Waals surface area contributed by atoms with E-state index in [0.29, 0.717) is 0 Å². The van der Waals surface area contributed by atoms with E-state index in [2.05, 4.69) is 12.8 Å². The van der Waals surface area contributed by atoms with E-state index >= 15 is 0 Å². The Bertz CT molecular complexity index is 42.6. The largest absolute Gasteiger partial charge is 0.120 e. The molecule has 0 saturated heterocycles. The Morgan fingerprint density at radius 2 is 2.00 bits per heavy atom. The molecule has 0 aromatic heterocycles. The van der Waals surface area contributed by atoms with Crippen LogP contribution in [0.5, 0.6) is 0 Å². The molecule has 0 aliphatic heterocycles. The summed E-state index contributed by atoms with van der Waals surface area (Å²) in [6, 6.07) is 0. The van der Waals surface area contributed by atoms with Crippen LogP contribution in [0.2, 0.25) is 0 Å². The third kappa shape index (κ3) is 21.4. The van der Waals surface area contributed by atoms with Crippen molar-refractivity contribution in [1.82, 2.24) is 0 Å². The second-order valence-electron chi connectivity index (χ2n) is 0.954. The fourth-order valence-corrected chi connectivity index (χ4v) is 0.144. The van der Waals surface area contributed by atoms with E-state index in [4.69, 9.17) is 6.42 Å². The summed E-state index contributed by atoms with van der Waals surface area (Å²) in [5.41, 5.74) is 0. The zero-order valence-corrected chi connectivity index (χ0v) is 5.87. The molecule has 0 bridgehead atoms. The molecule has 0 N–H and O–H groups in total. The van der Waals surface area contributed by atoms with Crippen LogP contribution in [0.4, 0.5) is 0 Å². The first-order valence-electron chi connectivity index (χ1n) is 1.85. The molecule has 0 fully saturated rings. The van der Waals surface area contributed by atoms with Crippen molar-refractivity contribution in [3.63, 3.8) is 0 Å². The number of hydrogen-bond donors (Lipinski definition) is 0. The summed E-state index contributed by atoms with van der Waals surface area (Å²) < 4.78 is 0. The van der Waals surface area contributed by atoms with Crippen LogP contribution in [0.1, 0.15) is 27.2 Å². The van der Waals surface area contributed by atoms with Gasteiger partial charge in [-0.3, -0.25) is 0 Å². The molecule has 1 radical (unpaired) electrons. The van der Waals surface area contributed by atoms with Gasteiger partial charge in [0.1, 0.15) is 0 Å². The van der Waals surface area contributed by atoms with Gasteiger partial charge in [0.05, 0.1) is 0 Å². The molecular weight excluding hydrogens is 117 g/mol. The molecule has 0 amide bonds. The van der Waals surface area contributed by atoms with Crippen molar-refractivity contribution < 1.29 is 25.8 Å². The molecule has 0 aliphatic carbocycles. The molecule has 7 heavy (non-hydrogen) atoms. The third-order valence-electron chi connectivity index (χ3n) is 0.394. The number of unbranched alkanes of at least 4 members (excludes halogenated alkanes) is 1. The van der Waals surface area contributed by atoms with Gasteiger partial charge in [0.2, 0.25) is 0 Å². The van der Waals surface area contributed by atoms with Gasteiger partial charge in [-0.25, -0.2) is 0 Å². The summed E-state index contributed by atoms with van der Waals surface area (Å²) in [6.07, 6.45) is 6.91. The molecule has 0 aliphatic rings. The van der Waals surface area contributed by atoms with E-state index in [0.717, 1.165) is 12.8 Å². The minimum absolute atomic E-state index is 0. The molecule has 0 rings (SSSR count). The van der Waals surface area contributed by atoms with E-state index in [9.17, 15) is 0 Å². The van der Waals surface area contributed by atoms with Crippen LogP contribution in [0.3, 0.4) is 0 Å². The van der Waals surface area contributed by atoms with Gasteiger partial charge in [0.15, 0.2) is 0 Å². The van der Waals surface area contributed by atoms with Crippen LogP contribution in [0, 0.1) is 12.3 Å². The molecule has 0 saturated carbocycles. The first-order chi connectivity index (χ1) is 2.41. The van der Waals surface area contributed by atoms with Gasteiger partial charge in [-0.15, -0.1) is 12.3 Å². The van der Waals surface area contributed by atoms with Crippen molar-refractivity contribution in [2.75, 3.05) is 0 Å². The minimum atomic E-state index is 0. The van der Waals surface area contributed by atoms with Gasteiger partial charge in [-0.05, 0) is 6.42 Å². The predicted molar refractivity (Wildman–Crippen MR) is 30.5 cm³/mol. The monoisotopic (exact) mass is 129 g/mol. The maximum absolute atomic E-state index is 4.89. The normalized spacial score (nSPS) is 4.57. The number of hydrogen-bond acceptors (Lipinski definition) is 0. The summed E-state index contributed by atoms with van der Waals surface area (Å²) in [7, 11) is 0. The van der Waals surface area contributed by atoms with Crippen molar-refractivity contribution >= 4 is 0 Å². The topological polar surface area (TPSA) is 0 Å². The third-order valence-corrected chi connectivity index (χ3v) is 0.394. The Hall–Kier alpha value is 0.430. The van der Waals surface area contributed by atoms with E-state index in [1.54, 1.807) is 0 Å². The standard InChI is InChI=1S/C5H8.CH4.Sc/c1-3-5-4-2;;/h1H,4-5H2,2H3;1H4;. The summed E-state index contributed by atoms with van der Waals surface area (Å²) in [4.78, 5) is 0. The van der Waals surface area contributed by atoms with Crippen molar-refractivity contribution in [3.8, 4) is 12.3 Å². The number of rotatable bonds is 1. The second-order valence-corrected chi connectivity index (χ2v) is 0.954. The zero-order chi connectivity index (χ0) is 4.12. The van der Waals surface area contributed by atoms with Gasteiger partial charge >= 0.3 is 0 Å². The fraction of sp³-hybridized carbons (Fsp3) is 0.667. The zero-order valence-electron chi connectivity index (χ0n) is 4.07. The molecule has 0 spiro atoms. The number of terminal acetylenes is 1. The second kappa shape index (κ2) is 16.1. The summed E-state index contributed by atoms with van der Waals surface area (Å²) in [5.74, 6) is 2.52. The summed E-state index contributed by atoms with van der Waals surface area (Å²) in [5, 5.41) is 0. The predicted octanol–water partition coefficient (Wildman–Crippen LogP) is 2.05. The van der Waals surface area contributed by atoms with E-state index in [1.807, 2.05) is 0 Å². The van der Waals surface area contributed by atoms with Gasteiger partial charge in [-0.2, -0.15) is 0 Å². The first-order valence-corrected chi connectivity index (χ1v) is 1.85. The summed E-state index contributed by atoms with van der Waals surface area (Å²) in [6.45, 7) is 2.07. The molecule has 0 heterocycles. The van der Waals surface area contributed by atoms with Gasteiger partial charge < -0.3 is 0 Å². The maximum Gasteiger partial charge on any atom is 0.00834 e. The molecule has 39 valence electrons. The van der Waals surface area contributed by atoms with E-state index in [1.165, 1.54) is 0 Å². The maximum atomic E-state index is 4.89. The Morgan fingerprint density at radius 3 is 2.00 bits per heavy atom. The Balaban J connectivity index is -0.0000000800. The fourth-order valence-electron chi connectivity index (χ4n) is 0.144. The van der Waals surface area contributed by atoms with Crippen molar-refractivity contribution in [1.29, 1.82) is 0 Å². The Kier molecular flexibility index (Phi) is 36.0. The van der Waals surface area contributed by atoms with Crippen LogP contribution in [0.15, 0.2) is 0 Å². The smallest absolute Gasteiger partial charge is 0.00834 e. The molecule has 0 aromatic rings. The quantitative estimate of drug-likeness (QED) is 0.475. The van der Waals surface area contributed by atoms with E-state index in [-0.39, 0.29) is 33.3 Å².